The predicted molar refractivity (Wildman–Crippen MR) is 90.8 cm³/mol. The van der Waals surface area contributed by atoms with Gasteiger partial charge in [0.25, 0.3) is 0 Å². The lowest BCUT2D eigenvalue weighted by Crippen LogP contribution is -2.44. The van der Waals surface area contributed by atoms with E-state index in [-0.39, 0.29) is 36.7 Å². The highest BCUT2D eigenvalue weighted by molar-refractivity contribution is 6.74. The molecule has 7 heteroatoms. The Bertz CT molecular complexity index is 387. The number of hydrogen-bond acceptors (Lipinski definition) is 6. The maximum Gasteiger partial charge on any atom is 0.309 e. The van der Waals surface area contributed by atoms with Gasteiger partial charge in [0.05, 0.1) is 19.1 Å². The van der Waals surface area contributed by atoms with E-state index in [1.54, 1.807) is 13.8 Å². The van der Waals surface area contributed by atoms with E-state index in [2.05, 4.69) is 33.9 Å². The molecule has 23 heavy (non-hydrogen) atoms. The number of esters is 1. The van der Waals surface area contributed by atoms with Gasteiger partial charge in [0, 0.05) is 7.11 Å². The number of ether oxygens (including phenoxy) is 3. The van der Waals surface area contributed by atoms with Crippen LogP contribution in [0, 0.1) is 0 Å². The molecular weight excluding hydrogens is 316 g/mol. The third-order valence-electron chi connectivity index (χ3n) is 3.85. The lowest BCUT2D eigenvalue weighted by Gasteiger charge is -2.36. The van der Waals surface area contributed by atoms with Crippen molar-refractivity contribution >= 4 is 20.1 Å². The molecule has 0 aromatic rings. The lowest BCUT2D eigenvalue weighted by molar-refractivity contribution is -0.159. The highest BCUT2D eigenvalue weighted by Gasteiger charge is 2.38. The predicted octanol–water partition coefficient (Wildman–Crippen LogP) is 2.91. The molecule has 6 nitrogen and oxygen atoms in total. The first-order valence-electron chi connectivity index (χ1n) is 7.87. The van der Waals surface area contributed by atoms with Crippen LogP contribution in [-0.4, -0.2) is 52.8 Å². The van der Waals surface area contributed by atoms with Crippen LogP contribution in [-0.2, 0) is 28.2 Å². The van der Waals surface area contributed by atoms with E-state index in [0.717, 1.165) is 0 Å². The van der Waals surface area contributed by atoms with Crippen molar-refractivity contribution in [2.45, 2.75) is 71.4 Å². The average molecular weight is 349 g/mol. The van der Waals surface area contributed by atoms with E-state index in [1.165, 1.54) is 7.11 Å². The zero-order valence-corrected chi connectivity index (χ0v) is 16.7. The van der Waals surface area contributed by atoms with Crippen LogP contribution in [0.4, 0.5) is 0 Å². The Labute approximate surface area is 140 Å². The summed E-state index contributed by atoms with van der Waals surface area (Å²) < 4.78 is 21.1. The summed E-state index contributed by atoms with van der Waals surface area (Å²) in [4.78, 5) is 24.1. The standard InChI is InChI=1S/C16H32O6Si/c1-12(2)22-15(18)9-14(20-11-19-6)13(17)10-21-23(7,8)16(3,4)5/h12,14H,9-11H2,1-8H3. The van der Waals surface area contributed by atoms with Crippen LogP contribution in [0.15, 0.2) is 0 Å². The molecule has 0 saturated heterocycles. The zero-order valence-electron chi connectivity index (χ0n) is 15.7. The van der Waals surface area contributed by atoms with Gasteiger partial charge in [0.2, 0.25) is 0 Å². The molecule has 0 amide bonds. The fourth-order valence-electron chi connectivity index (χ4n) is 1.44. The fourth-order valence-corrected chi connectivity index (χ4v) is 2.38. The maximum atomic E-state index is 12.4. The Morgan fingerprint density at radius 2 is 1.70 bits per heavy atom. The summed E-state index contributed by atoms with van der Waals surface area (Å²) >= 11 is 0. The summed E-state index contributed by atoms with van der Waals surface area (Å²) in [7, 11) is -0.576. The van der Waals surface area contributed by atoms with Crippen molar-refractivity contribution in [1.82, 2.24) is 0 Å². The summed E-state index contributed by atoms with van der Waals surface area (Å²) in [6.07, 6.45) is -1.28. The number of carbonyl (C=O) groups excluding carboxylic acids is 2. The first kappa shape index (κ1) is 22.2. The van der Waals surface area contributed by atoms with Crippen LogP contribution >= 0.6 is 0 Å². The molecular formula is C16H32O6Si. The fraction of sp³-hybridized carbons (Fsp3) is 0.875. The number of rotatable bonds is 10. The first-order valence-corrected chi connectivity index (χ1v) is 10.8. The normalized spacial score (nSPS) is 14.0. The van der Waals surface area contributed by atoms with E-state index < -0.39 is 20.4 Å². The van der Waals surface area contributed by atoms with E-state index in [1.807, 2.05) is 0 Å². The number of methoxy groups -OCH3 is 1. The molecule has 0 radical (unpaired) electrons. The quantitative estimate of drug-likeness (QED) is 0.343. The van der Waals surface area contributed by atoms with Crippen molar-refractivity contribution in [3.63, 3.8) is 0 Å². The number of carbonyl (C=O) groups is 2. The molecule has 0 rings (SSSR count). The summed E-state index contributed by atoms with van der Waals surface area (Å²) in [5, 5.41) is 0.00668. The van der Waals surface area contributed by atoms with Gasteiger partial charge in [-0.05, 0) is 32.0 Å². The van der Waals surface area contributed by atoms with E-state index >= 15 is 0 Å². The van der Waals surface area contributed by atoms with Gasteiger partial charge in [-0.1, -0.05) is 20.8 Å². The molecule has 0 fully saturated rings. The van der Waals surface area contributed by atoms with Crippen molar-refractivity contribution in [2.24, 2.45) is 0 Å². The van der Waals surface area contributed by atoms with Gasteiger partial charge in [0.1, 0.15) is 12.9 Å². The molecule has 0 aliphatic carbocycles. The summed E-state index contributed by atoms with van der Waals surface area (Å²) in [6.45, 7) is 13.8. The van der Waals surface area contributed by atoms with Gasteiger partial charge in [-0.3, -0.25) is 9.59 Å². The Balaban J connectivity index is 4.72. The minimum absolute atomic E-state index is 0.00668. The molecule has 0 saturated carbocycles. The molecule has 136 valence electrons. The SMILES string of the molecule is COCOC(CC(=O)OC(C)C)C(=O)CO[Si](C)(C)C(C)(C)C. The van der Waals surface area contributed by atoms with Gasteiger partial charge in [-0.25, -0.2) is 0 Å². The van der Waals surface area contributed by atoms with Crippen molar-refractivity contribution in [2.75, 3.05) is 20.5 Å². The van der Waals surface area contributed by atoms with Crippen LogP contribution in [0.3, 0.4) is 0 Å². The highest BCUT2D eigenvalue weighted by Crippen LogP contribution is 2.36. The van der Waals surface area contributed by atoms with Crippen molar-refractivity contribution in [3.05, 3.63) is 0 Å². The second-order valence-electron chi connectivity index (χ2n) is 7.32. The molecule has 0 aliphatic heterocycles. The number of hydrogen-bond donors (Lipinski definition) is 0. The monoisotopic (exact) mass is 348 g/mol. The molecule has 0 aromatic carbocycles. The van der Waals surface area contributed by atoms with Crippen molar-refractivity contribution < 1.29 is 28.2 Å². The Morgan fingerprint density at radius 1 is 1.13 bits per heavy atom. The number of Topliss-reactive ketones (excluding diaryl/α,β-unsaturated/α-hetero) is 1. The van der Waals surface area contributed by atoms with Gasteiger partial charge in [-0.15, -0.1) is 0 Å². The van der Waals surface area contributed by atoms with Gasteiger partial charge < -0.3 is 18.6 Å². The molecule has 0 spiro atoms. The van der Waals surface area contributed by atoms with Crippen LogP contribution in [0.5, 0.6) is 0 Å². The summed E-state index contributed by atoms with van der Waals surface area (Å²) in [6, 6.07) is 0. The number of ketones is 1. The maximum absolute atomic E-state index is 12.4. The summed E-state index contributed by atoms with van der Waals surface area (Å²) in [5.74, 6) is -0.741. The molecule has 0 heterocycles. The molecule has 1 atom stereocenters. The van der Waals surface area contributed by atoms with Crippen LogP contribution in [0.2, 0.25) is 18.1 Å². The Hall–Kier alpha value is -0.763. The summed E-state index contributed by atoms with van der Waals surface area (Å²) in [5.41, 5.74) is 0. The van der Waals surface area contributed by atoms with E-state index in [9.17, 15) is 9.59 Å². The van der Waals surface area contributed by atoms with Crippen LogP contribution in [0.1, 0.15) is 41.0 Å². The smallest absolute Gasteiger partial charge is 0.309 e. The largest absolute Gasteiger partial charge is 0.463 e. The Kier molecular flexibility index (Phi) is 9.20. The average Bonchev–Trinajstić information content (AvgIpc) is 2.38. The van der Waals surface area contributed by atoms with Crippen molar-refractivity contribution in [1.29, 1.82) is 0 Å². The second kappa shape index (κ2) is 9.51. The topological polar surface area (TPSA) is 71.1 Å². The zero-order chi connectivity index (χ0) is 18.3. The van der Waals surface area contributed by atoms with Gasteiger partial charge in [0.15, 0.2) is 14.1 Å². The van der Waals surface area contributed by atoms with Crippen LogP contribution in [0.25, 0.3) is 0 Å². The van der Waals surface area contributed by atoms with Crippen LogP contribution < -0.4 is 0 Å². The first-order chi connectivity index (χ1) is 10.4. The van der Waals surface area contributed by atoms with Crippen molar-refractivity contribution in [3.8, 4) is 0 Å². The van der Waals surface area contributed by atoms with Gasteiger partial charge in [-0.2, -0.15) is 0 Å². The van der Waals surface area contributed by atoms with Gasteiger partial charge >= 0.3 is 5.97 Å². The molecule has 1 unspecified atom stereocenters. The van der Waals surface area contributed by atoms with E-state index in [0.29, 0.717) is 0 Å². The third-order valence-corrected chi connectivity index (χ3v) is 8.33. The third kappa shape index (κ3) is 8.60. The van der Waals surface area contributed by atoms with E-state index in [4.69, 9.17) is 18.6 Å². The molecule has 0 N–H and O–H groups in total. The molecule has 0 aromatic heterocycles. The molecule has 0 bridgehead atoms. The molecule has 0 aliphatic rings. The Morgan fingerprint density at radius 3 is 2.13 bits per heavy atom. The minimum Gasteiger partial charge on any atom is -0.463 e. The lowest BCUT2D eigenvalue weighted by atomic mass is 10.2. The minimum atomic E-state index is -2.03. The second-order valence-corrected chi connectivity index (χ2v) is 12.1. The highest BCUT2D eigenvalue weighted by atomic mass is 28.4.